The molecule has 0 aromatic rings. The van der Waals surface area contributed by atoms with Gasteiger partial charge in [-0.05, 0) is 98.4 Å². The Morgan fingerprint density at radius 1 is 1.17 bits per heavy atom. The number of aliphatic hydroxyl groups is 1. The minimum absolute atomic E-state index is 0.142. The first-order chi connectivity index (χ1) is 13.7. The van der Waals surface area contributed by atoms with Crippen LogP contribution in [0.4, 0.5) is 0 Å². The molecular formula is C27H40O2. The lowest BCUT2D eigenvalue weighted by atomic mass is 9.50. The Morgan fingerprint density at radius 3 is 2.66 bits per heavy atom. The number of Topliss-reactive ketones (excluding diaryl/α,β-unsaturated/α-hetero) is 1. The lowest BCUT2D eigenvalue weighted by molar-refractivity contribution is -0.115. The van der Waals surface area contributed by atoms with Gasteiger partial charge in [0, 0.05) is 6.42 Å². The second kappa shape index (κ2) is 7.52. The molecule has 0 saturated heterocycles. The summed E-state index contributed by atoms with van der Waals surface area (Å²) >= 11 is 0. The minimum atomic E-state index is -0.142. The predicted molar refractivity (Wildman–Crippen MR) is 119 cm³/mol. The maximum absolute atomic E-state index is 12.1. The van der Waals surface area contributed by atoms with Crippen LogP contribution < -0.4 is 0 Å². The minimum Gasteiger partial charge on any atom is -0.393 e. The molecule has 1 N–H and O–H groups in total. The highest BCUT2D eigenvalue weighted by Gasteiger charge is 2.56. The summed E-state index contributed by atoms with van der Waals surface area (Å²) in [5.41, 5.74) is 4.56. The van der Waals surface area contributed by atoms with Crippen molar-refractivity contribution in [2.45, 2.75) is 91.6 Å². The van der Waals surface area contributed by atoms with E-state index < -0.39 is 0 Å². The molecule has 0 unspecified atom stereocenters. The van der Waals surface area contributed by atoms with Gasteiger partial charge >= 0.3 is 0 Å². The number of hydrogen-bond acceptors (Lipinski definition) is 2. The average molecular weight is 397 g/mol. The maximum atomic E-state index is 12.1. The summed E-state index contributed by atoms with van der Waals surface area (Å²) in [5.74, 6) is 2.93. The van der Waals surface area contributed by atoms with Crippen LogP contribution >= 0.6 is 0 Å². The maximum Gasteiger partial charge on any atom is 0.157 e. The van der Waals surface area contributed by atoms with E-state index in [0.29, 0.717) is 35.2 Å². The summed E-state index contributed by atoms with van der Waals surface area (Å²) < 4.78 is 0. The van der Waals surface area contributed by atoms with Gasteiger partial charge in [-0.2, -0.15) is 0 Å². The van der Waals surface area contributed by atoms with Crippen molar-refractivity contribution in [3.63, 3.8) is 0 Å². The van der Waals surface area contributed by atoms with Gasteiger partial charge in [0.15, 0.2) is 5.78 Å². The largest absolute Gasteiger partial charge is 0.393 e. The second-order valence-corrected chi connectivity index (χ2v) is 11.2. The Balaban J connectivity index is 1.54. The number of fused-ring (bicyclic) bond motifs is 5. The fourth-order valence-electron chi connectivity index (χ4n) is 7.73. The molecule has 0 heterocycles. The number of ketones is 1. The number of carbonyl (C=O) groups excluding carboxylic acids is 1. The summed E-state index contributed by atoms with van der Waals surface area (Å²) in [6, 6.07) is 0. The van der Waals surface area contributed by atoms with Gasteiger partial charge in [-0.15, -0.1) is 0 Å². The van der Waals surface area contributed by atoms with Gasteiger partial charge in [0.05, 0.1) is 6.10 Å². The lowest BCUT2D eigenvalue weighted by Gasteiger charge is -2.55. The van der Waals surface area contributed by atoms with E-state index in [9.17, 15) is 9.90 Å². The third kappa shape index (κ3) is 3.40. The zero-order valence-electron chi connectivity index (χ0n) is 19.0. The molecule has 29 heavy (non-hydrogen) atoms. The Bertz CT molecular complexity index is 758. The molecule has 0 spiro atoms. The van der Waals surface area contributed by atoms with E-state index in [1.54, 1.807) is 5.57 Å². The summed E-state index contributed by atoms with van der Waals surface area (Å²) in [7, 11) is 0. The van der Waals surface area contributed by atoms with Gasteiger partial charge in [-0.3, -0.25) is 4.79 Å². The molecule has 7 atom stereocenters. The molecule has 0 aliphatic heterocycles. The van der Waals surface area contributed by atoms with E-state index >= 15 is 0 Å². The zero-order valence-corrected chi connectivity index (χ0v) is 19.0. The van der Waals surface area contributed by atoms with Crippen molar-refractivity contribution in [3.8, 4) is 0 Å². The van der Waals surface area contributed by atoms with E-state index in [4.69, 9.17) is 0 Å². The number of rotatable bonds is 5. The van der Waals surface area contributed by atoms with Crippen LogP contribution in [0.15, 0.2) is 35.5 Å². The fourth-order valence-corrected chi connectivity index (χ4v) is 7.73. The zero-order chi connectivity index (χ0) is 21.0. The van der Waals surface area contributed by atoms with E-state index in [2.05, 4.69) is 39.5 Å². The first kappa shape index (κ1) is 21.1. The van der Waals surface area contributed by atoms with Crippen LogP contribution in [-0.4, -0.2) is 17.0 Å². The average Bonchev–Trinajstić information content (AvgIpc) is 3.03. The van der Waals surface area contributed by atoms with Crippen molar-refractivity contribution in [2.24, 2.45) is 34.5 Å². The number of aliphatic hydroxyl groups excluding tert-OH is 1. The molecule has 160 valence electrons. The number of carbonyl (C=O) groups is 1. The normalized spacial score (nSPS) is 42.1. The van der Waals surface area contributed by atoms with Crippen LogP contribution in [0.25, 0.3) is 0 Å². The summed E-state index contributed by atoms with van der Waals surface area (Å²) in [6.07, 6.45) is 14.5. The fraction of sp³-hybridized carbons (Fsp3) is 0.741. The van der Waals surface area contributed by atoms with Gasteiger partial charge in [0.1, 0.15) is 0 Å². The number of hydrogen-bond donors (Lipinski definition) is 1. The van der Waals surface area contributed by atoms with Crippen molar-refractivity contribution in [1.29, 1.82) is 0 Å². The Hall–Kier alpha value is -1.15. The van der Waals surface area contributed by atoms with Gasteiger partial charge in [0.25, 0.3) is 0 Å². The summed E-state index contributed by atoms with van der Waals surface area (Å²) in [5, 5.41) is 10.2. The van der Waals surface area contributed by atoms with E-state index in [1.165, 1.54) is 31.3 Å². The number of allylic oxidation sites excluding steroid dienone is 4. The van der Waals surface area contributed by atoms with Gasteiger partial charge < -0.3 is 5.11 Å². The van der Waals surface area contributed by atoms with Crippen molar-refractivity contribution < 1.29 is 9.90 Å². The SMILES string of the molecule is C=C(C)C(=O)CC[C@@H](C)[C@H]1CC[C@H]2C3=CC=C4C[C@@H](O)CC[C@]4(C)[C@H]3CC[C@]12C. The Labute approximate surface area is 177 Å². The third-order valence-corrected chi connectivity index (χ3v) is 9.61. The molecule has 3 fully saturated rings. The van der Waals surface area contributed by atoms with Crippen LogP contribution in [0, 0.1) is 34.5 Å². The summed E-state index contributed by atoms with van der Waals surface area (Å²) in [4.78, 5) is 12.1. The van der Waals surface area contributed by atoms with Gasteiger partial charge in [0.2, 0.25) is 0 Å². The highest BCUT2D eigenvalue weighted by molar-refractivity contribution is 5.94. The van der Waals surface area contributed by atoms with Crippen LogP contribution in [0.1, 0.15) is 85.5 Å². The van der Waals surface area contributed by atoms with Gasteiger partial charge in [-0.1, -0.05) is 50.6 Å². The standard InChI is InChI=1S/C27H40O2/c1-17(2)25(29)11-6-18(3)22-9-10-23-21-8-7-19-16-20(28)12-14-26(19,4)24(21)13-15-27(22,23)5/h7-8,18,20,22-24,28H,1,6,9-16H2,2-5H3/t18-,20+,22-,23+,24+,26+,27-/m1/s1. The van der Waals surface area contributed by atoms with E-state index in [0.717, 1.165) is 31.6 Å². The third-order valence-electron chi connectivity index (χ3n) is 9.61. The predicted octanol–water partition coefficient (Wildman–Crippen LogP) is 6.41. The molecule has 0 bridgehead atoms. The van der Waals surface area contributed by atoms with Crippen molar-refractivity contribution >= 4 is 5.78 Å². The monoisotopic (exact) mass is 396 g/mol. The molecular weight excluding hydrogens is 356 g/mol. The summed E-state index contributed by atoms with van der Waals surface area (Å²) in [6.45, 7) is 13.1. The van der Waals surface area contributed by atoms with Crippen LogP contribution in [0.2, 0.25) is 0 Å². The Morgan fingerprint density at radius 2 is 1.93 bits per heavy atom. The quantitative estimate of drug-likeness (QED) is 0.545. The molecule has 4 aliphatic rings. The van der Waals surface area contributed by atoms with Crippen molar-refractivity contribution in [1.82, 2.24) is 0 Å². The smallest absolute Gasteiger partial charge is 0.157 e. The molecule has 0 aromatic heterocycles. The highest BCUT2D eigenvalue weighted by atomic mass is 16.3. The second-order valence-electron chi connectivity index (χ2n) is 11.2. The molecule has 3 saturated carbocycles. The van der Waals surface area contributed by atoms with Crippen LogP contribution in [0.3, 0.4) is 0 Å². The highest BCUT2D eigenvalue weighted by Crippen LogP contribution is 2.66. The molecule has 2 nitrogen and oxygen atoms in total. The van der Waals surface area contributed by atoms with E-state index in [1.807, 2.05) is 6.92 Å². The van der Waals surface area contributed by atoms with E-state index in [-0.39, 0.29) is 17.3 Å². The molecule has 0 radical (unpaired) electrons. The van der Waals surface area contributed by atoms with Gasteiger partial charge in [-0.25, -0.2) is 0 Å². The first-order valence-electron chi connectivity index (χ1n) is 11.9. The van der Waals surface area contributed by atoms with Crippen molar-refractivity contribution in [3.05, 3.63) is 35.5 Å². The molecule has 2 heteroatoms. The molecule has 4 aliphatic carbocycles. The topological polar surface area (TPSA) is 37.3 Å². The first-order valence-corrected chi connectivity index (χ1v) is 11.9. The van der Waals surface area contributed by atoms with Crippen molar-refractivity contribution in [2.75, 3.05) is 0 Å². The Kier molecular flexibility index (Phi) is 5.47. The van der Waals surface area contributed by atoms with Crippen LogP contribution in [0.5, 0.6) is 0 Å². The molecule has 0 aromatic carbocycles. The molecule has 4 rings (SSSR count). The molecule has 0 amide bonds. The lowest BCUT2D eigenvalue weighted by Crippen LogP contribution is -2.46. The van der Waals surface area contributed by atoms with Crippen LogP contribution in [-0.2, 0) is 4.79 Å².